The van der Waals surface area contributed by atoms with Gasteiger partial charge in [-0.15, -0.1) is 0 Å². The van der Waals surface area contributed by atoms with Crippen LogP contribution in [0.5, 0.6) is 0 Å². The van der Waals surface area contributed by atoms with E-state index < -0.39 is 28.5 Å². The Labute approximate surface area is 257 Å². The summed E-state index contributed by atoms with van der Waals surface area (Å²) < 4.78 is 28.1. The fraction of sp³-hybridized carbons (Fsp3) is 0.250. The summed E-state index contributed by atoms with van der Waals surface area (Å²) in [4.78, 5) is 29.1. The van der Waals surface area contributed by atoms with Crippen LogP contribution in [0.25, 0.3) is 10.8 Å². The maximum Gasteiger partial charge on any atom is 0.243 e. The number of rotatable bonds is 11. The monoisotopic (exact) mass is 625 g/mol. The SMILES string of the molecule is CC(C)NC(=O)[C@H](Cc1ccccc1)N(Cc1ccc(Cl)cc1Cl)C(=O)CN(C)S(=O)(=O)c1ccc2ccccc2c1. The smallest absolute Gasteiger partial charge is 0.243 e. The van der Waals surface area contributed by atoms with E-state index in [1.165, 1.54) is 18.0 Å². The van der Waals surface area contributed by atoms with Crippen LogP contribution in [-0.2, 0) is 32.6 Å². The van der Waals surface area contributed by atoms with Crippen LogP contribution in [0.4, 0.5) is 0 Å². The number of carbonyl (C=O) groups excluding carboxylic acids is 2. The lowest BCUT2D eigenvalue weighted by Gasteiger charge is -2.33. The Kier molecular flexibility index (Phi) is 10.3. The minimum atomic E-state index is -4.03. The number of hydrogen-bond acceptors (Lipinski definition) is 4. The summed E-state index contributed by atoms with van der Waals surface area (Å²) in [7, 11) is -2.67. The lowest BCUT2D eigenvalue weighted by Crippen LogP contribution is -2.54. The highest BCUT2D eigenvalue weighted by atomic mass is 35.5. The average molecular weight is 627 g/mol. The average Bonchev–Trinajstić information content (AvgIpc) is 2.95. The Morgan fingerprint density at radius 2 is 1.52 bits per heavy atom. The summed E-state index contributed by atoms with van der Waals surface area (Å²) in [5.41, 5.74) is 1.42. The van der Waals surface area contributed by atoms with Gasteiger partial charge in [-0.2, -0.15) is 4.31 Å². The molecular formula is C32H33Cl2N3O4S. The largest absolute Gasteiger partial charge is 0.352 e. The Bertz CT molecular complexity index is 1680. The summed E-state index contributed by atoms with van der Waals surface area (Å²) in [5.74, 6) is -0.903. The minimum absolute atomic E-state index is 0.0261. The second kappa shape index (κ2) is 13.7. The number of nitrogens with zero attached hydrogens (tertiary/aromatic N) is 2. The standard InChI is InChI=1S/C32H33Cl2N3O4S/c1-22(2)35-32(39)30(17-23-9-5-4-6-10-23)37(20-26-13-15-27(33)19-29(26)34)31(38)21-36(3)42(40,41)28-16-14-24-11-7-8-12-25(24)18-28/h4-16,18-19,22,30H,17,20-21H2,1-3H3,(H,35,39)/t30-/m0/s1. The number of fused-ring (bicyclic) bond motifs is 1. The molecule has 2 amide bonds. The molecule has 0 bridgehead atoms. The van der Waals surface area contributed by atoms with E-state index in [1.807, 2.05) is 68.4 Å². The predicted molar refractivity (Wildman–Crippen MR) is 168 cm³/mol. The van der Waals surface area contributed by atoms with Crippen molar-refractivity contribution in [3.63, 3.8) is 0 Å². The van der Waals surface area contributed by atoms with E-state index in [9.17, 15) is 18.0 Å². The van der Waals surface area contributed by atoms with Crippen molar-refractivity contribution < 1.29 is 18.0 Å². The van der Waals surface area contributed by atoms with Crippen molar-refractivity contribution in [2.45, 2.75) is 43.8 Å². The lowest BCUT2D eigenvalue weighted by molar-refractivity contribution is -0.141. The van der Waals surface area contributed by atoms with E-state index in [0.717, 1.165) is 20.6 Å². The van der Waals surface area contributed by atoms with Crippen molar-refractivity contribution in [1.29, 1.82) is 0 Å². The number of sulfonamides is 1. The quantitative estimate of drug-likeness (QED) is 0.224. The number of nitrogens with one attached hydrogen (secondary N) is 1. The van der Waals surface area contributed by atoms with Gasteiger partial charge in [-0.25, -0.2) is 8.42 Å². The Morgan fingerprint density at radius 1 is 0.857 bits per heavy atom. The van der Waals surface area contributed by atoms with Crippen LogP contribution >= 0.6 is 23.2 Å². The van der Waals surface area contributed by atoms with Crippen molar-refractivity contribution in [2.24, 2.45) is 0 Å². The molecule has 42 heavy (non-hydrogen) atoms. The Morgan fingerprint density at radius 3 is 2.19 bits per heavy atom. The predicted octanol–water partition coefficient (Wildman–Crippen LogP) is 5.93. The molecule has 4 rings (SSSR count). The highest BCUT2D eigenvalue weighted by Gasteiger charge is 2.33. The maximum absolute atomic E-state index is 14.0. The first-order valence-electron chi connectivity index (χ1n) is 13.5. The Balaban J connectivity index is 1.69. The summed E-state index contributed by atoms with van der Waals surface area (Å²) in [6.45, 7) is 3.16. The molecule has 1 atom stereocenters. The molecule has 0 unspecified atom stereocenters. The zero-order chi connectivity index (χ0) is 30.4. The van der Waals surface area contributed by atoms with Gasteiger partial charge in [0.1, 0.15) is 6.04 Å². The molecule has 0 spiro atoms. The normalized spacial score (nSPS) is 12.5. The van der Waals surface area contributed by atoms with E-state index in [-0.39, 0.29) is 29.8 Å². The summed E-state index contributed by atoms with van der Waals surface area (Å²) in [5, 5.41) is 5.35. The van der Waals surface area contributed by atoms with Crippen molar-refractivity contribution >= 4 is 55.8 Å². The topological polar surface area (TPSA) is 86.8 Å². The van der Waals surface area contributed by atoms with Crippen molar-refractivity contribution in [3.05, 3.63) is 112 Å². The molecule has 7 nitrogen and oxygen atoms in total. The number of carbonyl (C=O) groups is 2. The third-order valence-electron chi connectivity index (χ3n) is 6.84. The molecule has 0 heterocycles. The van der Waals surface area contributed by atoms with Gasteiger partial charge in [-0.05, 0) is 60.0 Å². The first kappa shape index (κ1) is 31.5. The second-order valence-corrected chi connectivity index (χ2v) is 13.3. The molecule has 0 saturated carbocycles. The number of halogens is 2. The molecule has 0 aromatic heterocycles. The molecule has 220 valence electrons. The van der Waals surface area contributed by atoms with Gasteiger partial charge in [0, 0.05) is 36.1 Å². The molecular weight excluding hydrogens is 593 g/mol. The number of amides is 2. The molecule has 4 aromatic carbocycles. The van der Waals surface area contributed by atoms with Gasteiger partial charge in [0.25, 0.3) is 0 Å². The van der Waals surface area contributed by atoms with E-state index >= 15 is 0 Å². The number of hydrogen-bond donors (Lipinski definition) is 1. The van der Waals surface area contributed by atoms with Gasteiger partial charge in [0.2, 0.25) is 21.8 Å². The van der Waals surface area contributed by atoms with Crippen LogP contribution in [0.1, 0.15) is 25.0 Å². The van der Waals surface area contributed by atoms with Crippen LogP contribution in [0.2, 0.25) is 10.0 Å². The summed E-state index contributed by atoms with van der Waals surface area (Å²) in [6.07, 6.45) is 0.220. The minimum Gasteiger partial charge on any atom is -0.352 e. The molecule has 0 fully saturated rings. The fourth-order valence-electron chi connectivity index (χ4n) is 4.64. The number of benzene rings is 4. The fourth-order valence-corrected chi connectivity index (χ4v) is 6.27. The highest BCUT2D eigenvalue weighted by molar-refractivity contribution is 7.89. The first-order chi connectivity index (χ1) is 20.0. The van der Waals surface area contributed by atoms with Crippen molar-refractivity contribution in [2.75, 3.05) is 13.6 Å². The summed E-state index contributed by atoms with van der Waals surface area (Å²) >= 11 is 12.6. The van der Waals surface area contributed by atoms with E-state index in [1.54, 1.807) is 30.3 Å². The van der Waals surface area contributed by atoms with Crippen molar-refractivity contribution in [3.8, 4) is 0 Å². The molecule has 10 heteroatoms. The van der Waals surface area contributed by atoms with Gasteiger partial charge in [-0.1, -0.05) is 89.9 Å². The third kappa shape index (κ3) is 7.69. The summed E-state index contributed by atoms with van der Waals surface area (Å²) in [6, 6.07) is 25.4. The lowest BCUT2D eigenvalue weighted by atomic mass is 10.0. The van der Waals surface area contributed by atoms with E-state index in [2.05, 4.69) is 5.32 Å². The van der Waals surface area contributed by atoms with Gasteiger partial charge in [-0.3, -0.25) is 9.59 Å². The molecule has 4 aromatic rings. The van der Waals surface area contributed by atoms with Gasteiger partial charge < -0.3 is 10.2 Å². The molecule has 1 N–H and O–H groups in total. The van der Waals surface area contributed by atoms with Crippen molar-refractivity contribution in [1.82, 2.24) is 14.5 Å². The molecule has 0 aliphatic carbocycles. The highest BCUT2D eigenvalue weighted by Crippen LogP contribution is 2.25. The molecule has 0 saturated heterocycles. The maximum atomic E-state index is 14.0. The number of likely N-dealkylation sites (N-methyl/N-ethyl adjacent to an activating group) is 1. The van der Waals surface area contributed by atoms with E-state index in [4.69, 9.17) is 23.2 Å². The van der Waals surface area contributed by atoms with Gasteiger partial charge in [0.15, 0.2) is 0 Å². The van der Waals surface area contributed by atoms with Crippen LogP contribution in [0, 0.1) is 0 Å². The van der Waals surface area contributed by atoms with Gasteiger partial charge >= 0.3 is 0 Å². The van der Waals surface area contributed by atoms with Gasteiger partial charge in [0.05, 0.1) is 11.4 Å². The van der Waals surface area contributed by atoms with Crippen LogP contribution in [-0.4, -0.2) is 55.1 Å². The zero-order valence-corrected chi connectivity index (χ0v) is 26.0. The molecule has 0 radical (unpaired) electrons. The molecule has 0 aliphatic heterocycles. The second-order valence-electron chi connectivity index (χ2n) is 10.4. The van der Waals surface area contributed by atoms with Crippen LogP contribution in [0.3, 0.4) is 0 Å². The van der Waals surface area contributed by atoms with Crippen LogP contribution < -0.4 is 5.32 Å². The van der Waals surface area contributed by atoms with E-state index in [0.29, 0.717) is 15.6 Å². The van der Waals surface area contributed by atoms with Crippen LogP contribution in [0.15, 0.2) is 95.9 Å². The zero-order valence-electron chi connectivity index (χ0n) is 23.6. The first-order valence-corrected chi connectivity index (χ1v) is 15.7. The third-order valence-corrected chi connectivity index (χ3v) is 9.23. The molecule has 0 aliphatic rings. The Hall–Kier alpha value is -3.43.